The molecule has 1 fully saturated rings. The zero-order valence-corrected chi connectivity index (χ0v) is 8.16. The normalized spacial score (nSPS) is 28.6. The molecule has 1 atom stereocenters. The van der Waals surface area contributed by atoms with Gasteiger partial charge in [0.25, 0.3) is 5.66 Å². The van der Waals surface area contributed by atoms with Crippen LogP contribution in [0.5, 0.6) is 0 Å². The van der Waals surface area contributed by atoms with Gasteiger partial charge in [0.2, 0.25) is 0 Å². The molecule has 0 saturated carbocycles. The number of halogens is 4. The molecule has 2 aliphatic rings. The van der Waals surface area contributed by atoms with Gasteiger partial charge >= 0.3 is 6.18 Å². The van der Waals surface area contributed by atoms with Crippen LogP contribution in [0.15, 0.2) is 10.2 Å². The van der Waals surface area contributed by atoms with Gasteiger partial charge < -0.3 is 5.32 Å². The van der Waals surface area contributed by atoms with Crippen molar-refractivity contribution in [2.75, 3.05) is 6.54 Å². The molecule has 3 nitrogen and oxygen atoms in total. The minimum atomic E-state index is -4.31. The van der Waals surface area contributed by atoms with E-state index in [9.17, 15) is 13.2 Å². The first-order valence-electron chi connectivity index (χ1n) is 4.28. The van der Waals surface area contributed by atoms with Gasteiger partial charge in [-0.2, -0.15) is 13.2 Å². The van der Waals surface area contributed by atoms with E-state index in [1.807, 2.05) is 0 Å². The summed E-state index contributed by atoms with van der Waals surface area (Å²) < 4.78 is 37.0. The Labute approximate surface area is 85.6 Å². The summed E-state index contributed by atoms with van der Waals surface area (Å²) in [6.45, 7) is 0.804. The first kappa shape index (κ1) is 11.7. The van der Waals surface area contributed by atoms with E-state index in [4.69, 9.17) is 0 Å². The van der Waals surface area contributed by atoms with Gasteiger partial charge in [0.15, 0.2) is 0 Å². The second-order valence-corrected chi connectivity index (χ2v) is 3.51. The van der Waals surface area contributed by atoms with Gasteiger partial charge in [-0.05, 0) is 19.4 Å². The summed E-state index contributed by atoms with van der Waals surface area (Å²) in [5.41, 5.74) is -2.06. The van der Waals surface area contributed by atoms with E-state index in [1.54, 1.807) is 0 Å². The third kappa shape index (κ3) is 2.00. The quantitative estimate of drug-likeness (QED) is 0.775. The molecule has 0 bridgehead atoms. The molecule has 0 spiro atoms. The van der Waals surface area contributed by atoms with Crippen molar-refractivity contribution in [1.29, 1.82) is 0 Å². The highest BCUT2D eigenvalue weighted by atomic mass is 35.5. The monoisotopic (exact) mass is 229 g/mol. The van der Waals surface area contributed by atoms with Crippen molar-refractivity contribution in [1.82, 2.24) is 5.32 Å². The van der Waals surface area contributed by atoms with Crippen LogP contribution in [0.3, 0.4) is 0 Å². The van der Waals surface area contributed by atoms with Gasteiger partial charge in [-0.1, -0.05) is 0 Å². The molecule has 7 heteroatoms. The lowest BCUT2D eigenvalue weighted by molar-refractivity contribution is -0.166. The number of nitrogens with one attached hydrogen (secondary N) is 1. The average molecular weight is 230 g/mol. The molecule has 0 amide bonds. The first-order valence-corrected chi connectivity index (χ1v) is 4.28. The molecule has 0 aromatic heterocycles. The second-order valence-electron chi connectivity index (χ2n) is 3.51. The highest BCUT2D eigenvalue weighted by Gasteiger charge is 2.64. The van der Waals surface area contributed by atoms with Gasteiger partial charge in [-0.3, -0.25) is 0 Å². The van der Waals surface area contributed by atoms with Crippen LogP contribution < -0.4 is 5.32 Å². The Morgan fingerprint density at radius 1 is 1.36 bits per heavy atom. The maximum atomic E-state index is 12.3. The fraction of sp³-hybridized carbons (Fsp3) is 1.00. The number of rotatable bonds is 2. The zero-order valence-electron chi connectivity index (χ0n) is 7.34. The topological polar surface area (TPSA) is 36.8 Å². The van der Waals surface area contributed by atoms with Crippen molar-refractivity contribution in [3.63, 3.8) is 0 Å². The summed E-state index contributed by atoms with van der Waals surface area (Å²) in [7, 11) is 0. The Morgan fingerprint density at radius 2 is 2.00 bits per heavy atom. The molecule has 1 unspecified atom stereocenters. The van der Waals surface area contributed by atoms with Gasteiger partial charge in [0, 0.05) is 12.5 Å². The van der Waals surface area contributed by atoms with Crippen LogP contribution >= 0.6 is 12.4 Å². The Hall–Kier alpha value is -0.360. The Morgan fingerprint density at radius 3 is 2.36 bits per heavy atom. The molecule has 1 N–H and O–H groups in total. The van der Waals surface area contributed by atoms with Crippen LogP contribution in [0.25, 0.3) is 0 Å². The third-order valence-corrected chi connectivity index (χ3v) is 2.49. The standard InChI is InChI=1S/C7H10F3N3.ClH/c8-7(9,10)6(12-13-6)4-5-2-1-3-11-5;/h5,11H,1-4H2;1H. The predicted molar refractivity (Wildman–Crippen MR) is 46.5 cm³/mol. The zero-order chi connectivity index (χ0) is 9.53. The van der Waals surface area contributed by atoms with E-state index in [-0.39, 0.29) is 24.9 Å². The smallest absolute Gasteiger partial charge is 0.314 e. The molecule has 0 aliphatic carbocycles. The third-order valence-electron chi connectivity index (χ3n) is 2.49. The van der Waals surface area contributed by atoms with Gasteiger partial charge in [-0.15, -0.1) is 22.6 Å². The summed E-state index contributed by atoms with van der Waals surface area (Å²) in [6, 6.07) is -0.0726. The highest BCUT2D eigenvalue weighted by molar-refractivity contribution is 5.85. The molecule has 0 aromatic rings. The Balaban J connectivity index is 0.000000980. The van der Waals surface area contributed by atoms with Crippen molar-refractivity contribution < 1.29 is 13.2 Å². The minimum Gasteiger partial charge on any atom is -0.314 e. The molecular weight excluding hydrogens is 219 g/mol. The summed E-state index contributed by atoms with van der Waals surface area (Å²) >= 11 is 0. The number of nitrogens with zero attached hydrogens (tertiary/aromatic N) is 2. The second kappa shape index (κ2) is 3.66. The lowest BCUT2D eigenvalue weighted by atomic mass is 10.0. The number of hydrogen-bond acceptors (Lipinski definition) is 3. The van der Waals surface area contributed by atoms with Crippen molar-refractivity contribution in [2.45, 2.75) is 37.1 Å². The summed E-state index contributed by atoms with van der Waals surface area (Å²) in [5, 5.41) is 9.26. The molecular formula is C7H11ClF3N3. The van der Waals surface area contributed by atoms with Crippen LogP contribution in [0.4, 0.5) is 13.2 Å². The van der Waals surface area contributed by atoms with E-state index < -0.39 is 11.8 Å². The van der Waals surface area contributed by atoms with E-state index in [2.05, 4.69) is 15.5 Å². The molecule has 2 aliphatic heterocycles. The van der Waals surface area contributed by atoms with Crippen molar-refractivity contribution in [3.05, 3.63) is 0 Å². The van der Waals surface area contributed by atoms with Gasteiger partial charge in [0.05, 0.1) is 0 Å². The van der Waals surface area contributed by atoms with Crippen LogP contribution in [-0.2, 0) is 0 Å². The molecule has 2 rings (SSSR count). The maximum Gasteiger partial charge on any atom is 0.437 e. The van der Waals surface area contributed by atoms with Crippen molar-refractivity contribution in [2.24, 2.45) is 10.2 Å². The molecule has 0 aromatic carbocycles. The Kier molecular flexibility index (Phi) is 3.06. The summed E-state index contributed by atoms with van der Waals surface area (Å²) in [4.78, 5) is 0. The lowest BCUT2D eigenvalue weighted by Gasteiger charge is -2.18. The van der Waals surface area contributed by atoms with E-state index >= 15 is 0 Å². The first-order chi connectivity index (χ1) is 6.04. The number of hydrogen-bond donors (Lipinski definition) is 1. The van der Waals surface area contributed by atoms with Gasteiger partial charge in [0.1, 0.15) is 0 Å². The van der Waals surface area contributed by atoms with Crippen LogP contribution in [-0.4, -0.2) is 24.4 Å². The molecule has 0 radical (unpaired) electrons. The molecule has 1 saturated heterocycles. The largest absolute Gasteiger partial charge is 0.437 e. The average Bonchev–Trinajstić information content (AvgIpc) is 2.59. The fourth-order valence-electron chi connectivity index (χ4n) is 1.65. The highest BCUT2D eigenvalue weighted by Crippen LogP contribution is 2.47. The lowest BCUT2D eigenvalue weighted by Crippen LogP contribution is -2.38. The number of alkyl halides is 3. The predicted octanol–water partition coefficient (Wildman–Crippen LogP) is 2.27. The van der Waals surface area contributed by atoms with E-state index in [0.717, 1.165) is 19.4 Å². The Bertz CT molecular complexity index is 229. The SMILES string of the molecule is Cl.FC(F)(F)C1(CC2CCCN2)N=N1. The summed E-state index contributed by atoms with van der Waals surface area (Å²) in [6.07, 6.45) is -2.60. The maximum absolute atomic E-state index is 12.3. The molecule has 2 heterocycles. The van der Waals surface area contributed by atoms with Crippen LogP contribution in [0, 0.1) is 0 Å². The molecule has 14 heavy (non-hydrogen) atoms. The summed E-state index contributed by atoms with van der Waals surface area (Å²) in [5.74, 6) is 0. The van der Waals surface area contributed by atoms with E-state index in [0.29, 0.717) is 0 Å². The minimum absolute atomic E-state index is 0. The van der Waals surface area contributed by atoms with Crippen molar-refractivity contribution in [3.8, 4) is 0 Å². The fourth-order valence-corrected chi connectivity index (χ4v) is 1.65. The van der Waals surface area contributed by atoms with Gasteiger partial charge in [-0.25, -0.2) is 0 Å². The molecule has 82 valence electrons. The van der Waals surface area contributed by atoms with Crippen LogP contribution in [0.2, 0.25) is 0 Å². The van der Waals surface area contributed by atoms with Crippen LogP contribution in [0.1, 0.15) is 19.3 Å². The van der Waals surface area contributed by atoms with Crippen molar-refractivity contribution >= 4 is 12.4 Å². The van der Waals surface area contributed by atoms with E-state index in [1.165, 1.54) is 0 Å².